The van der Waals surface area contributed by atoms with Gasteiger partial charge in [-0.1, -0.05) is 6.92 Å². The molecule has 1 saturated heterocycles. The molecule has 0 bridgehead atoms. The largest absolute Gasteiger partial charge is 0.310 e. The summed E-state index contributed by atoms with van der Waals surface area (Å²) in [5.41, 5.74) is 0. The fourth-order valence-electron chi connectivity index (χ4n) is 2.39. The smallest absolute Gasteiger partial charge is 0.151 e. The SMILES string of the molecule is CCS(=O)(=O)CC(C)NC1CCN(C)C(C)C1. The van der Waals surface area contributed by atoms with Crippen LogP contribution in [0.4, 0.5) is 0 Å². The minimum absolute atomic E-state index is 0.0561. The van der Waals surface area contributed by atoms with Crippen LogP contribution in [0, 0.1) is 0 Å². The summed E-state index contributed by atoms with van der Waals surface area (Å²) >= 11 is 0. The summed E-state index contributed by atoms with van der Waals surface area (Å²) in [7, 11) is -0.722. The molecule has 102 valence electrons. The fourth-order valence-corrected chi connectivity index (χ4v) is 3.48. The van der Waals surface area contributed by atoms with Gasteiger partial charge in [0.2, 0.25) is 0 Å². The zero-order chi connectivity index (χ0) is 13.1. The monoisotopic (exact) mass is 262 g/mol. The summed E-state index contributed by atoms with van der Waals surface area (Å²) in [6.07, 6.45) is 2.21. The van der Waals surface area contributed by atoms with Gasteiger partial charge < -0.3 is 10.2 Å². The van der Waals surface area contributed by atoms with Crippen molar-refractivity contribution < 1.29 is 8.42 Å². The van der Waals surface area contributed by atoms with Crippen LogP contribution in [-0.4, -0.2) is 56.5 Å². The normalized spacial score (nSPS) is 29.2. The first-order chi connectivity index (χ1) is 7.84. The first kappa shape index (κ1) is 14.9. The van der Waals surface area contributed by atoms with Gasteiger partial charge in [-0.2, -0.15) is 0 Å². The Kier molecular flexibility index (Phi) is 5.41. The quantitative estimate of drug-likeness (QED) is 0.799. The minimum atomic E-state index is -2.87. The molecule has 0 amide bonds. The fraction of sp³-hybridized carbons (Fsp3) is 1.00. The number of piperidine rings is 1. The van der Waals surface area contributed by atoms with Gasteiger partial charge in [0.1, 0.15) is 0 Å². The van der Waals surface area contributed by atoms with Gasteiger partial charge in [0.15, 0.2) is 9.84 Å². The molecule has 0 spiro atoms. The zero-order valence-electron chi connectivity index (χ0n) is 11.4. The second kappa shape index (κ2) is 6.16. The summed E-state index contributed by atoms with van der Waals surface area (Å²) in [5.74, 6) is 0.493. The van der Waals surface area contributed by atoms with E-state index in [1.54, 1.807) is 6.92 Å². The number of nitrogens with one attached hydrogen (secondary N) is 1. The lowest BCUT2D eigenvalue weighted by molar-refractivity contribution is 0.165. The first-order valence-electron chi connectivity index (χ1n) is 6.50. The molecular weight excluding hydrogens is 236 g/mol. The van der Waals surface area contributed by atoms with E-state index in [0.29, 0.717) is 12.1 Å². The molecule has 0 radical (unpaired) electrons. The highest BCUT2D eigenvalue weighted by Crippen LogP contribution is 2.15. The van der Waals surface area contributed by atoms with Gasteiger partial charge in [-0.15, -0.1) is 0 Å². The van der Waals surface area contributed by atoms with Crippen LogP contribution >= 0.6 is 0 Å². The van der Waals surface area contributed by atoms with Crippen molar-refractivity contribution in [3.63, 3.8) is 0 Å². The van der Waals surface area contributed by atoms with Crippen molar-refractivity contribution in [3.05, 3.63) is 0 Å². The zero-order valence-corrected chi connectivity index (χ0v) is 12.3. The molecular formula is C12H26N2O2S. The highest BCUT2D eigenvalue weighted by molar-refractivity contribution is 7.91. The lowest BCUT2D eigenvalue weighted by Crippen LogP contribution is -2.49. The molecule has 17 heavy (non-hydrogen) atoms. The maximum absolute atomic E-state index is 11.5. The summed E-state index contributed by atoms with van der Waals surface area (Å²) < 4.78 is 23.0. The van der Waals surface area contributed by atoms with Crippen molar-refractivity contribution >= 4 is 9.84 Å². The molecule has 1 rings (SSSR count). The second-order valence-corrected chi connectivity index (χ2v) is 7.72. The summed E-state index contributed by atoms with van der Waals surface area (Å²) in [6, 6.07) is 1.10. The summed E-state index contributed by atoms with van der Waals surface area (Å²) in [5, 5.41) is 3.45. The third kappa shape index (κ3) is 4.94. The molecule has 3 atom stereocenters. The van der Waals surface area contributed by atoms with E-state index in [4.69, 9.17) is 0 Å². The van der Waals surface area contributed by atoms with Gasteiger partial charge in [-0.25, -0.2) is 8.42 Å². The second-order valence-electron chi connectivity index (χ2n) is 5.32. The third-order valence-electron chi connectivity index (χ3n) is 3.67. The molecule has 1 aliphatic rings. The van der Waals surface area contributed by atoms with Crippen LogP contribution in [0.3, 0.4) is 0 Å². The minimum Gasteiger partial charge on any atom is -0.310 e. The van der Waals surface area contributed by atoms with Gasteiger partial charge in [-0.3, -0.25) is 0 Å². The molecule has 0 aromatic carbocycles. The summed E-state index contributed by atoms with van der Waals surface area (Å²) in [4.78, 5) is 2.35. The Morgan fingerprint density at radius 2 is 2.12 bits per heavy atom. The van der Waals surface area contributed by atoms with E-state index >= 15 is 0 Å². The first-order valence-corrected chi connectivity index (χ1v) is 8.33. The van der Waals surface area contributed by atoms with Gasteiger partial charge in [0.05, 0.1) is 5.75 Å². The Balaban J connectivity index is 2.39. The molecule has 0 aliphatic carbocycles. The number of rotatable bonds is 5. The van der Waals surface area contributed by atoms with E-state index < -0.39 is 9.84 Å². The van der Waals surface area contributed by atoms with Gasteiger partial charge in [0.25, 0.3) is 0 Å². The van der Waals surface area contributed by atoms with E-state index in [-0.39, 0.29) is 17.5 Å². The Labute approximate surface area is 106 Å². The highest BCUT2D eigenvalue weighted by atomic mass is 32.2. The third-order valence-corrected chi connectivity index (χ3v) is 5.56. The Morgan fingerprint density at radius 3 is 2.65 bits per heavy atom. The van der Waals surface area contributed by atoms with Crippen LogP contribution in [0.2, 0.25) is 0 Å². The van der Waals surface area contributed by atoms with E-state index in [9.17, 15) is 8.42 Å². The van der Waals surface area contributed by atoms with E-state index in [1.807, 2.05) is 6.92 Å². The van der Waals surface area contributed by atoms with Crippen molar-refractivity contribution in [1.29, 1.82) is 0 Å². The average Bonchev–Trinajstić information content (AvgIpc) is 2.23. The summed E-state index contributed by atoms with van der Waals surface area (Å²) in [6.45, 7) is 6.99. The lowest BCUT2D eigenvalue weighted by Gasteiger charge is -2.36. The van der Waals surface area contributed by atoms with E-state index in [2.05, 4.69) is 24.2 Å². The Morgan fingerprint density at radius 1 is 1.47 bits per heavy atom. The van der Waals surface area contributed by atoms with Crippen molar-refractivity contribution in [3.8, 4) is 0 Å². The van der Waals surface area contributed by atoms with Crippen LogP contribution < -0.4 is 5.32 Å². The molecule has 5 heteroatoms. The molecule has 1 heterocycles. The molecule has 0 aromatic rings. The lowest BCUT2D eigenvalue weighted by atomic mass is 9.98. The molecule has 0 aromatic heterocycles. The maximum atomic E-state index is 11.5. The van der Waals surface area contributed by atoms with Crippen molar-refractivity contribution in [2.45, 2.75) is 51.7 Å². The molecule has 1 N–H and O–H groups in total. The van der Waals surface area contributed by atoms with Gasteiger partial charge in [-0.05, 0) is 40.3 Å². The molecule has 1 aliphatic heterocycles. The Bertz CT molecular complexity index is 329. The molecule has 4 nitrogen and oxygen atoms in total. The number of likely N-dealkylation sites (tertiary alicyclic amines) is 1. The number of hydrogen-bond donors (Lipinski definition) is 1. The molecule has 3 unspecified atom stereocenters. The Hall–Kier alpha value is -0.130. The molecule has 1 fully saturated rings. The predicted molar refractivity (Wildman–Crippen MR) is 72.0 cm³/mol. The van der Waals surface area contributed by atoms with Crippen molar-refractivity contribution in [2.24, 2.45) is 0 Å². The van der Waals surface area contributed by atoms with Crippen LogP contribution in [-0.2, 0) is 9.84 Å². The van der Waals surface area contributed by atoms with Gasteiger partial charge in [0, 0.05) is 23.9 Å². The maximum Gasteiger partial charge on any atom is 0.151 e. The van der Waals surface area contributed by atoms with Crippen LogP contribution in [0.5, 0.6) is 0 Å². The topological polar surface area (TPSA) is 49.4 Å². The molecule has 0 saturated carbocycles. The standard InChI is InChI=1S/C12H26N2O2S/c1-5-17(15,16)9-10(2)13-12-6-7-14(4)11(3)8-12/h10-13H,5-9H2,1-4H3. The van der Waals surface area contributed by atoms with Crippen molar-refractivity contribution in [2.75, 3.05) is 25.1 Å². The van der Waals surface area contributed by atoms with Crippen molar-refractivity contribution in [1.82, 2.24) is 10.2 Å². The van der Waals surface area contributed by atoms with E-state index in [1.165, 1.54) is 0 Å². The predicted octanol–water partition coefficient (Wildman–Crippen LogP) is 0.882. The number of sulfone groups is 1. The average molecular weight is 262 g/mol. The van der Waals surface area contributed by atoms with Crippen LogP contribution in [0.25, 0.3) is 0 Å². The van der Waals surface area contributed by atoms with Crippen LogP contribution in [0.1, 0.15) is 33.6 Å². The van der Waals surface area contributed by atoms with Gasteiger partial charge >= 0.3 is 0 Å². The highest BCUT2D eigenvalue weighted by Gasteiger charge is 2.24. The van der Waals surface area contributed by atoms with E-state index in [0.717, 1.165) is 19.4 Å². The number of nitrogens with zero attached hydrogens (tertiary/aromatic N) is 1. The number of hydrogen-bond acceptors (Lipinski definition) is 4. The van der Waals surface area contributed by atoms with Crippen LogP contribution in [0.15, 0.2) is 0 Å².